The van der Waals surface area contributed by atoms with Crippen LogP contribution in [0.1, 0.15) is 48.5 Å². The largest absolute Gasteiger partial charge is 0.396 e. The summed E-state index contributed by atoms with van der Waals surface area (Å²) in [5, 5.41) is 10.0. The van der Waals surface area contributed by atoms with Gasteiger partial charge in [-0.3, -0.25) is 4.79 Å². The van der Waals surface area contributed by atoms with Crippen molar-refractivity contribution >= 4 is 15.7 Å². The van der Waals surface area contributed by atoms with Crippen molar-refractivity contribution in [2.24, 2.45) is 5.41 Å². The number of hydrogen-bond acceptors (Lipinski definition) is 4. The van der Waals surface area contributed by atoms with E-state index < -0.39 is 9.84 Å². The molecule has 2 saturated heterocycles. The number of carbonyl (C=O) groups is 1. The van der Waals surface area contributed by atoms with Gasteiger partial charge in [-0.1, -0.05) is 49.4 Å². The number of hydrogen-bond donors (Lipinski definition) is 1. The smallest absolute Gasteiger partial charge is 0.255 e. The molecule has 0 unspecified atom stereocenters. The Morgan fingerprint density at radius 1 is 1.10 bits per heavy atom. The Labute approximate surface area is 172 Å². The summed E-state index contributed by atoms with van der Waals surface area (Å²) in [5.74, 6) is -0.367. The first-order chi connectivity index (χ1) is 13.9. The van der Waals surface area contributed by atoms with Crippen molar-refractivity contribution in [3.05, 3.63) is 65.7 Å². The van der Waals surface area contributed by atoms with Gasteiger partial charge in [-0.25, -0.2) is 8.42 Å². The van der Waals surface area contributed by atoms with Crippen molar-refractivity contribution in [1.82, 2.24) is 4.90 Å². The van der Waals surface area contributed by atoms with Gasteiger partial charge in [0.1, 0.15) is 0 Å². The van der Waals surface area contributed by atoms with E-state index in [-0.39, 0.29) is 46.2 Å². The predicted molar refractivity (Wildman–Crippen MR) is 111 cm³/mol. The average Bonchev–Trinajstić information content (AvgIpc) is 3.30. The maximum absolute atomic E-state index is 13.5. The molecule has 2 fully saturated rings. The van der Waals surface area contributed by atoms with Crippen LogP contribution in [-0.4, -0.2) is 43.0 Å². The molecule has 2 aromatic carbocycles. The zero-order chi connectivity index (χ0) is 20.6. The fourth-order valence-corrected chi connectivity index (χ4v) is 6.75. The van der Waals surface area contributed by atoms with E-state index in [4.69, 9.17) is 0 Å². The molecule has 154 valence electrons. The number of nitrogens with zero attached hydrogens (tertiary/aromatic N) is 1. The first-order valence-corrected chi connectivity index (χ1v) is 11.9. The molecule has 29 heavy (non-hydrogen) atoms. The molecule has 0 aromatic heterocycles. The van der Waals surface area contributed by atoms with E-state index in [0.29, 0.717) is 5.56 Å². The van der Waals surface area contributed by atoms with Crippen LogP contribution in [0.5, 0.6) is 0 Å². The lowest BCUT2D eigenvalue weighted by molar-refractivity contribution is 0.0554. The van der Waals surface area contributed by atoms with Gasteiger partial charge in [-0.05, 0) is 43.4 Å². The summed E-state index contributed by atoms with van der Waals surface area (Å²) >= 11 is 0. The van der Waals surface area contributed by atoms with Crippen LogP contribution in [0.15, 0.2) is 59.5 Å². The average molecular weight is 414 g/mol. The molecule has 0 spiro atoms. The Hall–Kier alpha value is -2.18. The van der Waals surface area contributed by atoms with Crippen molar-refractivity contribution in [1.29, 1.82) is 0 Å². The Kier molecular flexibility index (Phi) is 5.25. The van der Waals surface area contributed by atoms with E-state index >= 15 is 0 Å². The number of aliphatic hydroxyl groups excluding tert-OH is 1. The van der Waals surface area contributed by atoms with Crippen molar-refractivity contribution in [2.45, 2.75) is 55.3 Å². The van der Waals surface area contributed by atoms with Crippen molar-refractivity contribution in [3.63, 3.8) is 0 Å². The van der Waals surface area contributed by atoms with E-state index in [1.165, 1.54) is 6.07 Å². The van der Waals surface area contributed by atoms with E-state index in [1.54, 1.807) is 30.3 Å². The molecule has 2 aromatic rings. The molecule has 1 amide bonds. The fraction of sp³-hybridized carbons (Fsp3) is 0.435. The first-order valence-electron chi connectivity index (χ1n) is 10.2. The van der Waals surface area contributed by atoms with Crippen LogP contribution in [0.4, 0.5) is 0 Å². The lowest BCUT2D eigenvalue weighted by Crippen LogP contribution is -2.42. The molecule has 6 heteroatoms. The molecule has 2 heterocycles. The van der Waals surface area contributed by atoms with Gasteiger partial charge >= 0.3 is 0 Å². The van der Waals surface area contributed by atoms with E-state index in [9.17, 15) is 18.3 Å². The second-order valence-corrected chi connectivity index (χ2v) is 10.2. The number of fused-ring (bicyclic) bond motifs is 2. The van der Waals surface area contributed by atoms with Gasteiger partial charge in [0.2, 0.25) is 0 Å². The number of amides is 1. The molecule has 2 aliphatic rings. The zero-order valence-corrected chi connectivity index (χ0v) is 17.4. The molecule has 5 nitrogen and oxygen atoms in total. The minimum atomic E-state index is -3.67. The van der Waals surface area contributed by atoms with Gasteiger partial charge in [-0.2, -0.15) is 0 Å². The summed E-state index contributed by atoms with van der Waals surface area (Å²) in [5.41, 5.74) is 0.669. The van der Waals surface area contributed by atoms with Crippen LogP contribution < -0.4 is 0 Å². The van der Waals surface area contributed by atoms with Gasteiger partial charge in [-0.15, -0.1) is 0 Å². The van der Waals surface area contributed by atoms with Crippen LogP contribution in [0, 0.1) is 5.41 Å². The highest BCUT2D eigenvalue weighted by molar-refractivity contribution is 7.90. The Bertz CT molecular complexity index is 999. The molecule has 0 aliphatic carbocycles. The number of rotatable bonds is 6. The normalized spacial score (nSPS) is 26.1. The third kappa shape index (κ3) is 3.38. The maximum Gasteiger partial charge on any atom is 0.255 e. The number of sulfone groups is 1. The summed E-state index contributed by atoms with van der Waals surface area (Å²) in [7, 11) is -3.67. The Balaban J connectivity index is 1.68. The third-order valence-electron chi connectivity index (χ3n) is 6.76. The Morgan fingerprint density at radius 2 is 1.79 bits per heavy atom. The summed E-state index contributed by atoms with van der Waals surface area (Å²) in [6.45, 7) is 2.11. The predicted octanol–water partition coefficient (Wildman–Crippen LogP) is 3.43. The molecule has 0 radical (unpaired) electrons. The van der Waals surface area contributed by atoms with Gasteiger partial charge in [0.05, 0.1) is 22.8 Å². The topological polar surface area (TPSA) is 74.7 Å². The standard InChI is InChI=1S/C23H27NO4S/c1-2-23(16-25)14-18-12-13-21(23)24(18)22(26)19-10-6-7-11-20(19)29(27,28)15-17-8-4-3-5-9-17/h3-11,18,21,25H,2,12-16H2,1H3/t18-,21+,23-/m0/s1. The molecular weight excluding hydrogens is 386 g/mol. The molecule has 3 atom stereocenters. The van der Waals surface area contributed by atoms with E-state index in [1.807, 2.05) is 23.1 Å². The molecule has 4 rings (SSSR count). The highest BCUT2D eigenvalue weighted by atomic mass is 32.2. The third-order valence-corrected chi connectivity index (χ3v) is 8.50. The lowest BCUT2D eigenvalue weighted by atomic mass is 9.72. The molecule has 0 saturated carbocycles. The van der Waals surface area contributed by atoms with Crippen molar-refractivity contribution in [2.75, 3.05) is 6.61 Å². The summed E-state index contributed by atoms with van der Waals surface area (Å²) in [6.07, 6.45) is 3.37. The first kappa shape index (κ1) is 20.1. The highest BCUT2D eigenvalue weighted by Crippen LogP contribution is 2.52. The molecule has 2 aliphatic heterocycles. The van der Waals surface area contributed by atoms with Crippen molar-refractivity contribution in [3.8, 4) is 0 Å². The van der Waals surface area contributed by atoms with Crippen LogP contribution in [0.25, 0.3) is 0 Å². The minimum absolute atomic E-state index is 0.0279. The Morgan fingerprint density at radius 3 is 2.45 bits per heavy atom. The SMILES string of the molecule is CC[C@@]1(CO)C[C@@H]2CC[C@H]1N2C(=O)c1ccccc1S(=O)(=O)Cc1ccccc1. The van der Waals surface area contributed by atoms with Gasteiger partial charge in [0.25, 0.3) is 5.91 Å². The van der Waals surface area contributed by atoms with Crippen LogP contribution >= 0.6 is 0 Å². The summed E-state index contributed by atoms with van der Waals surface area (Å²) in [6, 6.07) is 15.6. The van der Waals surface area contributed by atoms with Crippen LogP contribution in [0.2, 0.25) is 0 Å². The van der Waals surface area contributed by atoms with Gasteiger partial charge < -0.3 is 10.0 Å². The lowest BCUT2D eigenvalue weighted by Gasteiger charge is -2.35. The number of carbonyl (C=O) groups excluding carboxylic acids is 1. The quantitative estimate of drug-likeness (QED) is 0.787. The zero-order valence-electron chi connectivity index (χ0n) is 16.6. The molecular formula is C23H27NO4S. The number of aliphatic hydroxyl groups is 1. The molecule has 2 bridgehead atoms. The van der Waals surface area contributed by atoms with Crippen LogP contribution in [0.3, 0.4) is 0 Å². The van der Waals surface area contributed by atoms with Gasteiger partial charge in [0, 0.05) is 17.5 Å². The second-order valence-electron chi connectivity index (χ2n) is 8.28. The summed E-state index contributed by atoms with van der Waals surface area (Å²) in [4.78, 5) is 15.5. The minimum Gasteiger partial charge on any atom is -0.396 e. The van der Waals surface area contributed by atoms with Crippen LogP contribution in [-0.2, 0) is 15.6 Å². The second kappa shape index (κ2) is 7.58. The maximum atomic E-state index is 13.5. The van der Waals surface area contributed by atoms with Gasteiger partial charge in [0.15, 0.2) is 9.84 Å². The van der Waals surface area contributed by atoms with E-state index in [2.05, 4.69) is 6.92 Å². The van der Waals surface area contributed by atoms with E-state index in [0.717, 1.165) is 25.7 Å². The fourth-order valence-electron chi connectivity index (χ4n) is 5.18. The summed E-state index contributed by atoms with van der Waals surface area (Å²) < 4.78 is 26.3. The molecule has 1 N–H and O–H groups in total. The highest BCUT2D eigenvalue weighted by Gasteiger charge is 2.56. The van der Waals surface area contributed by atoms with Crippen molar-refractivity contribution < 1.29 is 18.3 Å². The monoisotopic (exact) mass is 413 g/mol. The number of benzene rings is 2.